The molecule has 0 saturated carbocycles. The van der Waals surface area contributed by atoms with E-state index in [1.54, 1.807) is 6.92 Å². The van der Waals surface area contributed by atoms with Gasteiger partial charge in [0.25, 0.3) is 0 Å². The Labute approximate surface area is 102 Å². The van der Waals surface area contributed by atoms with Crippen LogP contribution in [0.25, 0.3) is 0 Å². The Morgan fingerprint density at radius 3 is 2.47 bits per heavy atom. The summed E-state index contributed by atoms with van der Waals surface area (Å²) >= 11 is 0. The van der Waals surface area contributed by atoms with Crippen LogP contribution in [0.15, 0.2) is 0 Å². The molecule has 2 unspecified atom stereocenters. The summed E-state index contributed by atoms with van der Waals surface area (Å²) in [5.41, 5.74) is 4.79. The summed E-state index contributed by atoms with van der Waals surface area (Å²) < 4.78 is 0. The zero-order valence-corrected chi connectivity index (χ0v) is 10.8. The zero-order chi connectivity index (χ0) is 13.2. The van der Waals surface area contributed by atoms with E-state index in [1.807, 2.05) is 13.8 Å². The molecule has 2 atom stereocenters. The van der Waals surface area contributed by atoms with E-state index in [0.717, 1.165) is 6.42 Å². The van der Waals surface area contributed by atoms with Crippen molar-refractivity contribution in [3.63, 3.8) is 0 Å². The number of rotatable bonds is 4. The van der Waals surface area contributed by atoms with Crippen LogP contribution in [-0.2, 0) is 9.59 Å². The van der Waals surface area contributed by atoms with E-state index in [2.05, 4.69) is 0 Å². The molecule has 0 bridgehead atoms. The van der Waals surface area contributed by atoms with Crippen molar-refractivity contribution in [3.05, 3.63) is 0 Å². The number of carbonyl (C=O) groups excluding carboxylic acids is 1. The topological polar surface area (TPSA) is 83.6 Å². The van der Waals surface area contributed by atoms with Gasteiger partial charge in [0.1, 0.15) is 5.54 Å². The number of nitrogens with two attached hydrogens (primary N) is 1. The van der Waals surface area contributed by atoms with Crippen LogP contribution in [0.3, 0.4) is 0 Å². The monoisotopic (exact) mass is 242 g/mol. The zero-order valence-electron chi connectivity index (χ0n) is 10.8. The number of aliphatic carboxylic acids is 1. The highest BCUT2D eigenvalue weighted by Gasteiger charge is 2.49. The Hall–Kier alpha value is -1.10. The molecule has 0 aromatic carbocycles. The van der Waals surface area contributed by atoms with Crippen molar-refractivity contribution < 1.29 is 14.7 Å². The smallest absolute Gasteiger partial charge is 0.329 e. The summed E-state index contributed by atoms with van der Waals surface area (Å²) in [6.07, 6.45) is 1.69. The molecule has 17 heavy (non-hydrogen) atoms. The van der Waals surface area contributed by atoms with Crippen LogP contribution >= 0.6 is 0 Å². The fourth-order valence-electron chi connectivity index (χ4n) is 2.41. The van der Waals surface area contributed by atoms with E-state index < -0.39 is 17.6 Å². The van der Waals surface area contributed by atoms with Crippen LogP contribution in [0.4, 0.5) is 0 Å². The van der Waals surface area contributed by atoms with Gasteiger partial charge >= 0.3 is 5.97 Å². The standard InChI is InChI=1S/C12H22N2O3/c1-4-12(11(16)17)6-5-7-14(12)10(15)9(13)8(2)3/h8-9H,4-7,13H2,1-3H3,(H,16,17). The van der Waals surface area contributed by atoms with Crippen molar-refractivity contribution in [1.29, 1.82) is 0 Å². The fourth-order valence-corrected chi connectivity index (χ4v) is 2.41. The lowest BCUT2D eigenvalue weighted by atomic mass is 9.91. The fraction of sp³-hybridized carbons (Fsp3) is 0.833. The van der Waals surface area contributed by atoms with Crippen LogP contribution in [0.1, 0.15) is 40.0 Å². The van der Waals surface area contributed by atoms with Crippen LogP contribution in [0.2, 0.25) is 0 Å². The Morgan fingerprint density at radius 2 is 2.06 bits per heavy atom. The van der Waals surface area contributed by atoms with E-state index in [-0.39, 0.29) is 11.8 Å². The van der Waals surface area contributed by atoms with Gasteiger partial charge in [-0.15, -0.1) is 0 Å². The van der Waals surface area contributed by atoms with Crippen molar-refractivity contribution in [2.75, 3.05) is 6.54 Å². The van der Waals surface area contributed by atoms with Crippen LogP contribution in [0.5, 0.6) is 0 Å². The molecular formula is C12H22N2O3. The average molecular weight is 242 g/mol. The molecule has 1 aliphatic heterocycles. The molecule has 1 rings (SSSR count). The number of hydrogen-bond acceptors (Lipinski definition) is 3. The van der Waals surface area contributed by atoms with E-state index in [0.29, 0.717) is 19.4 Å². The number of carbonyl (C=O) groups is 2. The number of nitrogens with zero attached hydrogens (tertiary/aromatic N) is 1. The SMILES string of the molecule is CCC1(C(=O)O)CCCN1C(=O)C(N)C(C)C. The maximum Gasteiger partial charge on any atom is 0.329 e. The van der Waals surface area contributed by atoms with Crippen LogP contribution in [0, 0.1) is 5.92 Å². The van der Waals surface area contributed by atoms with Gasteiger partial charge in [-0.05, 0) is 25.2 Å². The van der Waals surface area contributed by atoms with Crippen molar-refractivity contribution in [1.82, 2.24) is 4.90 Å². The molecule has 0 aliphatic carbocycles. The van der Waals surface area contributed by atoms with Gasteiger partial charge in [-0.1, -0.05) is 20.8 Å². The Balaban J connectivity index is 2.96. The molecule has 3 N–H and O–H groups in total. The molecule has 1 saturated heterocycles. The molecule has 0 radical (unpaired) electrons. The minimum atomic E-state index is -1.04. The lowest BCUT2D eigenvalue weighted by Crippen LogP contribution is -2.57. The average Bonchev–Trinajstić information content (AvgIpc) is 2.71. The third-order valence-corrected chi connectivity index (χ3v) is 3.74. The van der Waals surface area contributed by atoms with Crippen LogP contribution < -0.4 is 5.73 Å². The van der Waals surface area contributed by atoms with Gasteiger partial charge in [-0.2, -0.15) is 0 Å². The van der Waals surface area contributed by atoms with E-state index in [4.69, 9.17) is 5.73 Å². The number of carboxylic acid groups (broad SMARTS) is 1. The molecular weight excluding hydrogens is 220 g/mol. The van der Waals surface area contributed by atoms with Gasteiger partial charge in [0.05, 0.1) is 6.04 Å². The second-order valence-corrected chi connectivity index (χ2v) is 5.05. The van der Waals surface area contributed by atoms with Gasteiger partial charge in [-0.25, -0.2) is 4.79 Å². The van der Waals surface area contributed by atoms with Gasteiger partial charge in [0.2, 0.25) is 5.91 Å². The minimum Gasteiger partial charge on any atom is -0.479 e. The number of amides is 1. The second-order valence-electron chi connectivity index (χ2n) is 5.05. The van der Waals surface area contributed by atoms with Crippen molar-refractivity contribution in [2.45, 2.75) is 51.6 Å². The van der Waals surface area contributed by atoms with Crippen molar-refractivity contribution >= 4 is 11.9 Å². The largest absolute Gasteiger partial charge is 0.479 e. The van der Waals surface area contributed by atoms with Gasteiger partial charge in [-0.3, -0.25) is 4.79 Å². The van der Waals surface area contributed by atoms with E-state index in [1.165, 1.54) is 4.90 Å². The first-order chi connectivity index (χ1) is 7.86. The highest BCUT2D eigenvalue weighted by atomic mass is 16.4. The summed E-state index contributed by atoms with van der Waals surface area (Å²) in [6.45, 7) is 6.04. The van der Waals surface area contributed by atoms with E-state index in [9.17, 15) is 14.7 Å². The highest BCUT2D eigenvalue weighted by Crippen LogP contribution is 2.33. The minimum absolute atomic E-state index is 0.0199. The Kier molecular flexibility index (Phi) is 4.14. The second kappa shape index (κ2) is 5.04. The molecule has 1 amide bonds. The van der Waals surface area contributed by atoms with Crippen molar-refractivity contribution in [3.8, 4) is 0 Å². The van der Waals surface area contributed by atoms with Gasteiger partial charge in [0, 0.05) is 6.54 Å². The number of carboxylic acids is 1. The normalized spacial score (nSPS) is 26.3. The molecule has 1 fully saturated rings. The summed E-state index contributed by atoms with van der Waals surface area (Å²) in [6, 6.07) is -0.613. The van der Waals surface area contributed by atoms with Gasteiger partial charge in [0.15, 0.2) is 0 Å². The molecule has 5 nitrogen and oxygen atoms in total. The van der Waals surface area contributed by atoms with Crippen LogP contribution in [-0.4, -0.2) is 40.0 Å². The first-order valence-corrected chi connectivity index (χ1v) is 6.17. The molecule has 0 aromatic heterocycles. The molecule has 0 aromatic rings. The first kappa shape index (κ1) is 14.0. The number of likely N-dealkylation sites (tertiary alicyclic amines) is 1. The van der Waals surface area contributed by atoms with Crippen molar-refractivity contribution in [2.24, 2.45) is 11.7 Å². The predicted molar refractivity (Wildman–Crippen MR) is 64.4 cm³/mol. The maximum atomic E-state index is 12.2. The summed E-state index contributed by atoms with van der Waals surface area (Å²) in [4.78, 5) is 25.1. The molecule has 5 heteroatoms. The predicted octanol–water partition coefficient (Wildman–Crippen LogP) is 0.825. The summed E-state index contributed by atoms with van der Waals surface area (Å²) in [5, 5.41) is 9.37. The number of hydrogen-bond donors (Lipinski definition) is 2. The first-order valence-electron chi connectivity index (χ1n) is 6.17. The molecule has 0 spiro atoms. The lowest BCUT2D eigenvalue weighted by molar-refractivity contribution is -0.157. The highest BCUT2D eigenvalue weighted by molar-refractivity contribution is 5.90. The van der Waals surface area contributed by atoms with E-state index >= 15 is 0 Å². The summed E-state index contributed by atoms with van der Waals surface area (Å²) in [7, 11) is 0. The van der Waals surface area contributed by atoms with Gasteiger partial charge < -0.3 is 15.7 Å². The summed E-state index contributed by atoms with van der Waals surface area (Å²) in [5.74, 6) is -1.13. The maximum absolute atomic E-state index is 12.2. The molecule has 98 valence electrons. The third kappa shape index (κ3) is 2.29. The third-order valence-electron chi connectivity index (χ3n) is 3.74. The lowest BCUT2D eigenvalue weighted by Gasteiger charge is -2.36. The Morgan fingerprint density at radius 1 is 1.47 bits per heavy atom. The molecule has 1 heterocycles. The quantitative estimate of drug-likeness (QED) is 0.764. The Bertz CT molecular complexity index is 317. The molecule has 1 aliphatic rings.